The van der Waals surface area contributed by atoms with E-state index >= 15 is 0 Å². The average Bonchev–Trinajstić information content (AvgIpc) is 3.54. The van der Waals surface area contributed by atoms with Crippen molar-refractivity contribution >= 4 is 22.9 Å². The molecular formula is C26H27F3N6O2. The number of fused-ring (bicyclic) bond motifs is 1. The van der Waals surface area contributed by atoms with Crippen LogP contribution < -0.4 is 10.2 Å². The van der Waals surface area contributed by atoms with E-state index in [-0.39, 0.29) is 11.3 Å². The first kappa shape index (κ1) is 24.8. The van der Waals surface area contributed by atoms with Gasteiger partial charge in [-0.1, -0.05) is 0 Å². The standard InChI is InChI=1S/C26H27F3N6O2/c1-16-10-20(27)21(32-24(36)18-13-31-35(15-18)25(28)26(2,3)29)12-19(16)17-11-22(33-6-8-37-9-7-33)23-30-4-5-34(23)14-17/h4-5,10-15,25H,6-9H2,1-3H3,(H,32,36). The van der Waals surface area contributed by atoms with E-state index in [4.69, 9.17) is 4.74 Å². The molecule has 1 saturated heterocycles. The number of aryl methyl sites for hydroxylation is 1. The summed E-state index contributed by atoms with van der Waals surface area (Å²) in [6.45, 7) is 6.63. The molecule has 1 unspecified atom stereocenters. The first-order valence-corrected chi connectivity index (χ1v) is 11.9. The minimum absolute atomic E-state index is 0.0251. The van der Waals surface area contributed by atoms with E-state index in [9.17, 15) is 18.0 Å². The molecule has 37 heavy (non-hydrogen) atoms. The molecule has 0 bridgehead atoms. The molecular weight excluding hydrogens is 485 g/mol. The van der Waals surface area contributed by atoms with Gasteiger partial charge in [-0.2, -0.15) is 5.10 Å². The van der Waals surface area contributed by atoms with Crippen LogP contribution in [0.2, 0.25) is 0 Å². The number of hydrogen-bond acceptors (Lipinski definition) is 5. The Bertz CT molecular complexity index is 1450. The van der Waals surface area contributed by atoms with Gasteiger partial charge in [0.05, 0.1) is 36.3 Å². The van der Waals surface area contributed by atoms with Gasteiger partial charge in [0.25, 0.3) is 5.91 Å². The quantitative estimate of drug-likeness (QED) is 0.396. The van der Waals surface area contributed by atoms with Crippen molar-refractivity contribution in [2.75, 3.05) is 36.5 Å². The highest BCUT2D eigenvalue weighted by atomic mass is 19.2. The number of nitrogens with one attached hydrogen (secondary N) is 1. The predicted molar refractivity (Wildman–Crippen MR) is 134 cm³/mol. The second-order valence-electron chi connectivity index (χ2n) is 9.58. The van der Waals surface area contributed by atoms with E-state index in [2.05, 4.69) is 20.3 Å². The minimum Gasteiger partial charge on any atom is -0.378 e. The Kier molecular flexibility index (Phi) is 6.40. The van der Waals surface area contributed by atoms with Gasteiger partial charge in [0.2, 0.25) is 6.30 Å². The van der Waals surface area contributed by atoms with Crippen molar-refractivity contribution in [2.45, 2.75) is 32.7 Å². The van der Waals surface area contributed by atoms with E-state index in [0.717, 1.165) is 66.5 Å². The summed E-state index contributed by atoms with van der Waals surface area (Å²) in [5.41, 5.74) is 1.71. The molecule has 3 aromatic heterocycles. The van der Waals surface area contributed by atoms with Gasteiger partial charge >= 0.3 is 0 Å². The zero-order valence-corrected chi connectivity index (χ0v) is 20.7. The number of carbonyl (C=O) groups is 1. The molecule has 1 atom stereocenters. The van der Waals surface area contributed by atoms with Crippen molar-refractivity contribution in [1.82, 2.24) is 19.2 Å². The summed E-state index contributed by atoms with van der Waals surface area (Å²) in [5, 5.41) is 6.29. The number of hydrogen-bond donors (Lipinski definition) is 1. The van der Waals surface area contributed by atoms with Crippen LogP contribution in [0.1, 0.15) is 36.1 Å². The first-order chi connectivity index (χ1) is 17.6. The normalized spacial score (nSPS) is 15.2. The summed E-state index contributed by atoms with van der Waals surface area (Å²) in [5.74, 6) is -1.31. The number of rotatable bonds is 6. The van der Waals surface area contributed by atoms with E-state index < -0.39 is 23.7 Å². The second kappa shape index (κ2) is 9.55. The third-order valence-electron chi connectivity index (χ3n) is 6.36. The molecule has 194 valence electrons. The molecule has 1 fully saturated rings. The molecule has 0 spiro atoms. The molecule has 1 aliphatic heterocycles. The van der Waals surface area contributed by atoms with Crippen LogP contribution in [-0.2, 0) is 4.74 Å². The van der Waals surface area contributed by atoms with Crippen molar-refractivity contribution in [3.8, 4) is 11.1 Å². The Balaban J connectivity index is 1.47. The summed E-state index contributed by atoms with van der Waals surface area (Å²) in [4.78, 5) is 19.5. The smallest absolute Gasteiger partial charge is 0.258 e. The summed E-state index contributed by atoms with van der Waals surface area (Å²) in [6, 6.07) is 4.92. The molecule has 0 aliphatic carbocycles. The van der Waals surface area contributed by atoms with Crippen LogP contribution in [-0.4, -0.2) is 57.0 Å². The summed E-state index contributed by atoms with van der Waals surface area (Å²) < 4.78 is 51.2. The van der Waals surface area contributed by atoms with Crippen molar-refractivity contribution in [3.63, 3.8) is 0 Å². The van der Waals surface area contributed by atoms with Crippen LogP contribution in [0.25, 0.3) is 16.8 Å². The number of imidazole rings is 1. The Morgan fingerprint density at radius 1 is 1.19 bits per heavy atom. The highest BCUT2D eigenvalue weighted by Gasteiger charge is 2.31. The zero-order chi connectivity index (χ0) is 26.3. The highest BCUT2D eigenvalue weighted by molar-refractivity contribution is 6.04. The number of carbonyl (C=O) groups excluding carboxylic acids is 1. The largest absolute Gasteiger partial charge is 0.378 e. The van der Waals surface area contributed by atoms with Crippen LogP contribution >= 0.6 is 0 Å². The number of ether oxygens (including phenoxy) is 1. The van der Waals surface area contributed by atoms with Gasteiger partial charge in [-0.25, -0.2) is 22.8 Å². The molecule has 5 rings (SSSR count). The van der Waals surface area contributed by atoms with Crippen LogP contribution in [0.4, 0.5) is 24.5 Å². The number of alkyl halides is 2. The number of anilines is 2. The van der Waals surface area contributed by atoms with Crippen molar-refractivity contribution in [3.05, 3.63) is 66.1 Å². The molecule has 8 nitrogen and oxygen atoms in total. The molecule has 4 aromatic rings. The molecule has 11 heteroatoms. The van der Waals surface area contributed by atoms with Gasteiger partial charge in [0.1, 0.15) is 5.82 Å². The molecule has 0 saturated carbocycles. The van der Waals surface area contributed by atoms with E-state index in [1.807, 2.05) is 22.9 Å². The van der Waals surface area contributed by atoms with Crippen LogP contribution in [0, 0.1) is 12.7 Å². The summed E-state index contributed by atoms with van der Waals surface area (Å²) in [6.07, 6.45) is 5.60. The summed E-state index contributed by atoms with van der Waals surface area (Å²) in [7, 11) is 0. The fraction of sp³-hybridized carbons (Fsp3) is 0.346. The monoisotopic (exact) mass is 512 g/mol. The number of nitrogens with zero attached hydrogens (tertiary/aromatic N) is 5. The fourth-order valence-corrected chi connectivity index (χ4v) is 4.37. The first-order valence-electron chi connectivity index (χ1n) is 11.9. The van der Waals surface area contributed by atoms with Gasteiger partial charge < -0.3 is 19.4 Å². The summed E-state index contributed by atoms with van der Waals surface area (Å²) >= 11 is 0. The lowest BCUT2D eigenvalue weighted by Crippen LogP contribution is -2.36. The lowest BCUT2D eigenvalue weighted by Gasteiger charge is -2.29. The van der Waals surface area contributed by atoms with E-state index in [1.165, 1.54) is 6.07 Å². The Morgan fingerprint density at radius 3 is 2.68 bits per heavy atom. The van der Waals surface area contributed by atoms with Gasteiger partial charge in [-0.15, -0.1) is 0 Å². The van der Waals surface area contributed by atoms with Gasteiger partial charge in [0, 0.05) is 43.4 Å². The fourth-order valence-electron chi connectivity index (χ4n) is 4.37. The number of aromatic nitrogens is 4. The van der Waals surface area contributed by atoms with E-state index in [1.54, 1.807) is 19.2 Å². The molecule has 1 amide bonds. The molecule has 4 heterocycles. The maximum Gasteiger partial charge on any atom is 0.258 e. The molecule has 1 N–H and O–H groups in total. The van der Waals surface area contributed by atoms with Crippen LogP contribution in [0.15, 0.2) is 49.2 Å². The van der Waals surface area contributed by atoms with Crippen LogP contribution in [0.5, 0.6) is 0 Å². The van der Waals surface area contributed by atoms with Crippen molar-refractivity contribution in [2.24, 2.45) is 0 Å². The Morgan fingerprint density at radius 2 is 1.95 bits per heavy atom. The maximum atomic E-state index is 14.9. The minimum atomic E-state index is -2.19. The molecule has 0 radical (unpaired) electrons. The van der Waals surface area contributed by atoms with Gasteiger partial charge in [0.15, 0.2) is 11.3 Å². The average molecular weight is 513 g/mol. The Hall–Kier alpha value is -3.86. The number of benzene rings is 1. The second-order valence-corrected chi connectivity index (χ2v) is 9.58. The van der Waals surface area contributed by atoms with E-state index in [0.29, 0.717) is 18.8 Å². The lowest BCUT2D eigenvalue weighted by atomic mass is 10.00. The number of morpholine rings is 1. The third kappa shape index (κ3) is 4.91. The number of amides is 1. The van der Waals surface area contributed by atoms with Gasteiger partial charge in [-0.05, 0) is 50.1 Å². The number of pyridine rings is 1. The number of halogens is 3. The highest BCUT2D eigenvalue weighted by Crippen LogP contribution is 2.34. The SMILES string of the molecule is Cc1cc(F)c(NC(=O)c2cnn(C(F)C(C)(C)F)c2)cc1-c1cc(N2CCOCC2)c2nccn2c1. The Labute approximate surface area is 211 Å². The molecule has 1 aromatic carbocycles. The predicted octanol–water partition coefficient (Wildman–Crippen LogP) is 4.95. The lowest BCUT2D eigenvalue weighted by molar-refractivity contribution is 0.0253. The zero-order valence-electron chi connectivity index (χ0n) is 20.7. The third-order valence-corrected chi connectivity index (χ3v) is 6.36. The van der Waals surface area contributed by atoms with Crippen molar-refractivity contribution in [1.29, 1.82) is 0 Å². The maximum absolute atomic E-state index is 14.9. The van der Waals surface area contributed by atoms with Crippen molar-refractivity contribution < 1.29 is 22.7 Å². The molecule has 1 aliphatic rings. The topological polar surface area (TPSA) is 76.7 Å². The van der Waals surface area contributed by atoms with Crippen LogP contribution in [0.3, 0.4) is 0 Å². The van der Waals surface area contributed by atoms with Gasteiger partial charge in [-0.3, -0.25) is 4.79 Å².